The van der Waals surface area contributed by atoms with Gasteiger partial charge in [-0.05, 0) is 97.5 Å². The SMILES string of the molecule is Cc1cc(F)cc(C)c1-c1ccc2oc3c(-c4nc5ccccc5n4-c4c(C)cccc4C)[c-]ccc3c2c1.[2H]C(C)(C)c1cc(-c2[c-]cccc2)nc[c]1[Ge]([CH3])([CH3])[CH3].[Ir]. The predicted octanol–water partition coefficient (Wildman–Crippen LogP) is 13.6. The molecule has 0 aliphatic rings. The molecule has 4 nitrogen and oxygen atoms in total. The summed E-state index contributed by atoms with van der Waals surface area (Å²) in [7, 11) is 0. The van der Waals surface area contributed by atoms with Crippen molar-refractivity contribution >= 4 is 50.6 Å². The van der Waals surface area contributed by atoms with Crippen LogP contribution in [-0.2, 0) is 20.1 Å². The largest absolute Gasteiger partial charge is 0 e. The summed E-state index contributed by atoms with van der Waals surface area (Å²) in [6, 6.07) is 44.5. The van der Waals surface area contributed by atoms with E-state index in [2.05, 4.69) is 89.2 Å². The van der Waals surface area contributed by atoms with Crippen molar-refractivity contribution in [3.63, 3.8) is 0 Å². The second kappa shape index (κ2) is 16.8. The van der Waals surface area contributed by atoms with Crippen LogP contribution in [0.2, 0.25) is 17.3 Å². The van der Waals surface area contributed by atoms with Crippen LogP contribution in [0.15, 0.2) is 126 Å². The summed E-state index contributed by atoms with van der Waals surface area (Å²) in [5, 5.41) is 2.01. The van der Waals surface area contributed by atoms with Crippen LogP contribution in [0.25, 0.3) is 72.4 Å². The molecule has 59 heavy (non-hydrogen) atoms. The molecule has 0 amide bonds. The van der Waals surface area contributed by atoms with Crippen molar-refractivity contribution in [2.75, 3.05) is 0 Å². The van der Waals surface area contributed by atoms with Crippen LogP contribution in [0.1, 0.15) is 48.9 Å². The molecule has 7 heteroatoms. The van der Waals surface area contributed by atoms with Gasteiger partial charge >= 0.3 is 120 Å². The normalized spacial score (nSPS) is 12.0. The first-order valence-electron chi connectivity index (χ1n) is 20.3. The van der Waals surface area contributed by atoms with E-state index >= 15 is 0 Å². The molecule has 1 radical (unpaired) electrons. The Morgan fingerprint density at radius 1 is 0.763 bits per heavy atom. The third-order valence-corrected chi connectivity index (χ3v) is 15.1. The smallest absolute Gasteiger partial charge is 0 e. The van der Waals surface area contributed by atoms with Crippen LogP contribution >= 0.6 is 0 Å². The summed E-state index contributed by atoms with van der Waals surface area (Å²) in [5.41, 5.74) is 14.7. The first-order valence-corrected chi connectivity index (χ1v) is 27.1. The molecular formula is C52H48FGeIrN3O-2. The molecule has 299 valence electrons. The minimum absolute atomic E-state index is 0. The van der Waals surface area contributed by atoms with E-state index in [1.807, 2.05) is 101 Å². The maximum Gasteiger partial charge on any atom is 0 e. The van der Waals surface area contributed by atoms with E-state index in [0.717, 1.165) is 89.1 Å². The average molecular weight is 1020 g/mol. The second-order valence-electron chi connectivity index (χ2n) is 16.5. The maximum absolute atomic E-state index is 14.0. The van der Waals surface area contributed by atoms with Crippen LogP contribution in [0.3, 0.4) is 0 Å². The van der Waals surface area contributed by atoms with Crippen LogP contribution in [-0.4, -0.2) is 27.8 Å². The number of furan rings is 1. The molecule has 0 saturated heterocycles. The van der Waals surface area contributed by atoms with Crippen LogP contribution in [0.4, 0.5) is 4.39 Å². The molecule has 9 rings (SSSR count). The Hall–Kier alpha value is -5.14. The van der Waals surface area contributed by atoms with Gasteiger partial charge in [-0.1, -0.05) is 47.3 Å². The van der Waals surface area contributed by atoms with E-state index < -0.39 is 19.2 Å². The number of rotatable bonds is 6. The van der Waals surface area contributed by atoms with E-state index in [1.165, 1.54) is 15.5 Å². The van der Waals surface area contributed by atoms with Gasteiger partial charge in [-0.2, -0.15) is 0 Å². The Kier molecular flexibility index (Phi) is 11.6. The number of hydrogen-bond donors (Lipinski definition) is 0. The average Bonchev–Trinajstić information content (AvgIpc) is 3.76. The Balaban J connectivity index is 0.000000220. The molecule has 0 unspecified atom stereocenters. The molecule has 0 fully saturated rings. The number of nitrogens with zero attached hydrogens (tertiary/aromatic N) is 3. The number of hydrogen-bond acceptors (Lipinski definition) is 3. The summed E-state index contributed by atoms with van der Waals surface area (Å²) < 4.78 is 32.5. The minimum atomic E-state index is -2.03. The van der Waals surface area contributed by atoms with Crippen LogP contribution in [0.5, 0.6) is 0 Å². The summed E-state index contributed by atoms with van der Waals surface area (Å²) in [4.78, 5) is 9.72. The molecule has 0 spiro atoms. The van der Waals surface area contributed by atoms with Gasteiger partial charge in [0, 0.05) is 31.2 Å². The standard InChI is InChI=1S/C35H26FN2O.C17H22GeN.Ir/c1-20-9-7-10-21(2)33(20)38-30-14-6-5-13-29(30)37-35(38)27-12-8-11-26-28-19-24(15-16-31(28)39-34(26)27)32-22(3)17-25(36)18-23(32)4;1-13(2)15-11-17(14-9-7-6-8-10-14)19-12-16(15)18(3,4)5;/h5-11,13-19H,1-4H3;6-9,11-13H,1-5H3;/q2*-1;/i;13D;. The van der Waals surface area contributed by atoms with E-state index in [9.17, 15) is 4.39 Å². The van der Waals surface area contributed by atoms with Crippen molar-refractivity contribution in [2.45, 2.75) is 64.7 Å². The van der Waals surface area contributed by atoms with Crippen LogP contribution in [0, 0.1) is 45.6 Å². The molecule has 0 N–H and O–H groups in total. The molecule has 0 aliphatic heterocycles. The number of aromatic nitrogens is 3. The maximum atomic E-state index is 14.0. The van der Waals surface area contributed by atoms with Gasteiger partial charge in [0.2, 0.25) is 0 Å². The fourth-order valence-electron chi connectivity index (χ4n) is 8.17. The molecule has 0 saturated carbocycles. The van der Waals surface area contributed by atoms with Crippen LogP contribution < -0.4 is 4.40 Å². The van der Waals surface area contributed by atoms with Gasteiger partial charge in [0.05, 0.1) is 22.4 Å². The van der Waals surface area contributed by atoms with Crippen molar-refractivity contribution in [3.05, 3.63) is 167 Å². The number of fused-ring (bicyclic) bond motifs is 4. The molecule has 0 bridgehead atoms. The number of para-hydroxylation sites is 3. The molecule has 6 aromatic carbocycles. The number of benzene rings is 6. The Morgan fingerprint density at radius 3 is 2.15 bits per heavy atom. The molecule has 9 aromatic rings. The van der Waals surface area contributed by atoms with Gasteiger partial charge in [0.1, 0.15) is 11.4 Å². The molecule has 3 heterocycles. The Labute approximate surface area is 364 Å². The fourth-order valence-corrected chi connectivity index (χ4v) is 11.5. The summed E-state index contributed by atoms with van der Waals surface area (Å²) >= 11 is -2.03. The molecule has 3 aromatic heterocycles. The Morgan fingerprint density at radius 2 is 1.47 bits per heavy atom. The second-order valence-corrected chi connectivity index (χ2v) is 27.0. The zero-order valence-corrected chi connectivity index (χ0v) is 39.5. The number of halogens is 1. The van der Waals surface area contributed by atoms with E-state index in [4.69, 9.17) is 10.8 Å². The first-order chi connectivity index (χ1) is 28.1. The van der Waals surface area contributed by atoms with E-state index in [-0.39, 0.29) is 25.9 Å². The van der Waals surface area contributed by atoms with Gasteiger partial charge in [0.25, 0.3) is 0 Å². The van der Waals surface area contributed by atoms with Crippen molar-refractivity contribution in [2.24, 2.45) is 0 Å². The van der Waals surface area contributed by atoms with Gasteiger partial charge in [-0.15, -0.1) is 18.2 Å². The molecular weight excluding hydrogens is 966 g/mol. The van der Waals surface area contributed by atoms with Crippen molar-refractivity contribution in [3.8, 4) is 39.5 Å². The quantitative estimate of drug-likeness (QED) is 0.123. The third kappa shape index (κ3) is 8.11. The predicted molar refractivity (Wildman–Crippen MR) is 243 cm³/mol. The van der Waals surface area contributed by atoms with Gasteiger partial charge in [-0.3, -0.25) is 4.98 Å². The van der Waals surface area contributed by atoms with Gasteiger partial charge in [0.15, 0.2) is 0 Å². The fraction of sp³-hybridized carbons (Fsp3) is 0.192. The number of aryl methyl sites for hydroxylation is 4. The summed E-state index contributed by atoms with van der Waals surface area (Å²) in [5.74, 6) is 7.03. The third-order valence-electron chi connectivity index (χ3n) is 10.9. The summed E-state index contributed by atoms with van der Waals surface area (Å²) in [6.45, 7) is 12.1. The zero-order valence-electron chi connectivity index (χ0n) is 36.0. The number of imidazole rings is 1. The van der Waals surface area contributed by atoms with Crippen molar-refractivity contribution in [1.82, 2.24) is 14.5 Å². The summed E-state index contributed by atoms with van der Waals surface area (Å²) in [6.07, 6.45) is 2.00. The number of pyridine rings is 1. The zero-order chi connectivity index (χ0) is 41.8. The monoisotopic (exact) mass is 1020 g/mol. The van der Waals surface area contributed by atoms with Crippen molar-refractivity contribution in [1.29, 1.82) is 0 Å². The van der Waals surface area contributed by atoms with Gasteiger partial charge < -0.3 is 8.98 Å². The first kappa shape index (κ1) is 40.6. The van der Waals surface area contributed by atoms with Gasteiger partial charge in [-0.25, -0.2) is 4.39 Å². The van der Waals surface area contributed by atoms with Crippen molar-refractivity contribution < 1.29 is 30.3 Å². The molecule has 0 aliphatic carbocycles. The topological polar surface area (TPSA) is 43.9 Å². The van der Waals surface area contributed by atoms with E-state index in [0.29, 0.717) is 0 Å². The van der Waals surface area contributed by atoms with E-state index in [1.54, 1.807) is 12.1 Å². The Bertz CT molecular complexity index is 2990. The molecule has 0 atom stereocenters. The minimum Gasteiger partial charge on any atom is 0 e.